The number of hydrogen-bond donors (Lipinski definition) is 2. The standard InChI is InChI=1S/C15H22ClN3O/c1-2-19-8-6-11(7-9-19)10-18-15(20)12-4-3-5-13(16)14(12)17/h3-5,11H,2,6-10,17H2,1H3,(H,18,20). The first-order valence-corrected chi connectivity index (χ1v) is 7.54. The third kappa shape index (κ3) is 3.64. The van der Waals surface area contributed by atoms with Crippen molar-refractivity contribution in [1.29, 1.82) is 0 Å². The second kappa shape index (κ2) is 6.95. The van der Waals surface area contributed by atoms with E-state index in [1.165, 1.54) is 0 Å². The van der Waals surface area contributed by atoms with Gasteiger partial charge in [-0.15, -0.1) is 0 Å². The van der Waals surface area contributed by atoms with Gasteiger partial charge >= 0.3 is 0 Å². The zero-order valence-corrected chi connectivity index (χ0v) is 12.6. The molecule has 0 bridgehead atoms. The first kappa shape index (κ1) is 15.1. The molecule has 1 aliphatic heterocycles. The van der Waals surface area contributed by atoms with Crippen molar-refractivity contribution in [3.05, 3.63) is 28.8 Å². The van der Waals surface area contributed by atoms with Gasteiger partial charge in [-0.1, -0.05) is 24.6 Å². The lowest BCUT2D eigenvalue weighted by atomic mass is 9.96. The van der Waals surface area contributed by atoms with Crippen molar-refractivity contribution in [3.63, 3.8) is 0 Å². The minimum atomic E-state index is -0.136. The molecule has 4 nitrogen and oxygen atoms in total. The van der Waals surface area contributed by atoms with Crippen molar-refractivity contribution in [3.8, 4) is 0 Å². The molecule has 20 heavy (non-hydrogen) atoms. The highest BCUT2D eigenvalue weighted by Crippen LogP contribution is 2.22. The fourth-order valence-corrected chi connectivity index (χ4v) is 2.75. The van der Waals surface area contributed by atoms with Gasteiger partial charge in [0.15, 0.2) is 0 Å². The van der Waals surface area contributed by atoms with Crippen LogP contribution in [0.2, 0.25) is 5.02 Å². The predicted octanol–water partition coefficient (Wildman–Crippen LogP) is 2.38. The first-order chi connectivity index (χ1) is 9.61. The highest BCUT2D eigenvalue weighted by atomic mass is 35.5. The monoisotopic (exact) mass is 295 g/mol. The molecule has 0 aliphatic carbocycles. The summed E-state index contributed by atoms with van der Waals surface area (Å²) in [5.74, 6) is 0.421. The Labute approximate surface area is 125 Å². The third-order valence-corrected chi connectivity index (χ3v) is 4.33. The van der Waals surface area contributed by atoms with Crippen LogP contribution in [0.5, 0.6) is 0 Å². The third-order valence-electron chi connectivity index (χ3n) is 4.00. The summed E-state index contributed by atoms with van der Waals surface area (Å²) >= 11 is 5.93. The number of rotatable bonds is 4. The average molecular weight is 296 g/mol. The van der Waals surface area contributed by atoms with Gasteiger partial charge in [0.25, 0.3) is 5.91 Å². The van der Waals surface area contributed by atoms with E-state index in [9.17, 15) is 4.79 Å². The van der Waals surface area contributed by atoms with E-state index < -0.39 is 0 Å². The molecule has 1 heterocycles. The van der Waals surface area contributed by atoms with Gasteiger partial charge in [0.05, 0.1) is 16.3 Å². The number of carbonyl (C=O) groups excluding carboxylic acids is 1. The van der Waals surface area contributed by atoms with Crippen molar-refractivity contribution < 1.29 is 4.79 Å². The number of hydrogen-bond acceptors (Lipinski definition) is 3. The highest BCUT2D eigenvalue weighted by molar-refractivity contribution is 6.33. The average Bonchev–Trinajstić information content (AvgIpc) is 2.48. The number of halogens is 1. The predicted molar refractivity (Wildman–Crippen MR) is 83.0 cm³/mol. The van der Waals surface area contributed by atoms with Crippen molar-refractivity contribution in [1.82, 2.24) is 10.2 Å². The summed E-state index contributed by atoms with van der Waals surface area (Å²) in [6.45, 7) is 6.25. The van der Waals surface area contributed by atoms with E-state index >= 15 is 0 Å². The minimum absolute atomic E-state index is 0.136. The summed E-state index contributed by atoms with van der Waals surface area (Å²) in [7, 11) is 0. The van der Waals surface area contributed by atoms with Gasteiger partial charge in [0.1, 0.15) is 0 Å². The molecule has 0 aromatic heterocycles. The van der Waals surface area contributed by atoms with Crippen molar-refractivity contribution in [2.24, 2.45) is 5.92 Å². The molecule has 0 unspecified atom stereocenters. The molecular weight excluding hydrogens is 274 g/mol. The van der Waals surface area contributed by atoms with Gasteiger partial charge in [-0.05, 0) is 50.5 Å². The van der Waals surface area contributed by atoms with Crippen LogP contribution in [-0.4, -0.2) is 37.0 Å². The summed E-state index contributed by atoms with van der Waals surface area (Å²) in [6.07, 6.45) is 2.28. The molecule has 1 saturated heterocycles. The quantitative estimate of drug-likeness (QED) is 0.839. The maximum absolute atomic E-state index is 12.1. The Balaban J connectivity index is 1.85. The molecular formula is C15H22ClN3O. The molecule has 0 radical (unpaired) electrons. The van der Waals surface area contributed by atoms with Gasteiger partial charge < -0.3 is 16.0 Å². The molecule has 0 atom stereocenters. The van der Waals surface area contributed by atoms with Gasteiger partial charge in [0.2, 0.25) is 0 Å². The zero-order valence-electron chi connectivity index (χ0n) is 11.9. The zero-order chi connectivity index (χ0) is 14.5. The molecule has 0 saturated carbocycles. The first-order valence-electron chi connectivity index (χ1n) is 7.16. The molecule has 1 fully saturated rings. The molecule has 110 valence electrons. The summed E-state index contributed by atoms with van der Waals surface area (Å²) < 4.78 is 0. The maximum atomic E-state index is 12.1. The smallest absolute Gasteiger partial charge is 0.253 e. The lowest BCUT2D eigenvalue weighted by Gasteiger charge is -2.31. The van der Waals surface area contributed by atoms with E-state index in [0.29, 0.717) is 28.7 Å². The molecule has 2 rings (SSSR count). The molecule has 1 aromatic rings. The lowest BCUT2D eigenvalue weighted by Crippen LogP contribution is -2.38. The van der Waals surface area contributed by atoms with E-state index in [1.54, 1.807) is 18.2 Å². The number of likely N-dealkylation sites (tertiary alicyclic amines) is 1. The molecule has 1 aromatic carbocycles. The van der Waals surface area contributed by atoms with Crippen LogP contribution in [0.15, 0.2) is 18.2 Å². The number of piperidine rings is 1. The van der Waals surface area contributed by atoms with Crippen molar-refractivity contribution in [2.45, 2.75) is 19.8 Å². The van der Waals surface area contributed by atoms with E-state index in [2.05, 4.69) is 17.1 Å². The fourth-order valence-electron chi connectivity index (χ4n) is 2.57. The Hall–Kier alpha value is -1.26. The Morgan fingerprint density at radius 3 is 2.80 bits per heavy atom. The summed E-state index contributed by atoms with van der Waals surface area (Å²) in [5, 5.41) is 3.40. The SMILES string of the molecule is CCN1CCC(CNC(=O)c2cccc(Cl)c2N)CC1. The second-order valence-electron chi connectivity index (χ2n) is 5.29. The van der Waals surface area contributed by atoms with Crippen LogP contribution in [0.3, 0.4) is 0 Å². The molecule has 3 N–H and O–H groups in total. The Morgan fingerprint density at radius 2 is 2.15 bits per heavy atom. The molecule has 5 heteroatoms. The maximum Gasteiger partial charge on any atom is 0.253 e. The van der Waals surface area contributed by atoms with E-state index in [0.717, 1.165) is 32.5 Å². The molecule has 1 amide bonds. The van der Waals surface area contributed by atoms with Crippen molar-refractivity contribution in [2.75, 3.05) is 31.9 Å². The number of nitrogen functional groups attached to an aromatic ring is 1. The minimum Gasteiger partial charge on any atom is -0.397 e. The molecule has 1 aliphatic rings. The van der Waals surface area contributed by atoms with Crippen LogP contribution in [0.1, 0.15) is 30.1 Å². The van der Waals surface area contributed by atoms with E-state index in [-0.39, 0.29) is 5.91 Å². The summed E-state index contributed by atoms with van der Waals surface area (Å²) in [6, 6.07) is 5.14. The van der Waals surface area contributed by atoms with E-state index in [4.69, 9.17) is 17.3 Å². The Morgan fingerprint density at radius 1 is 1.45 bits per heavy atom. The van der Waals surface area contributed by atoms with Crippen LogP contribution >= 0.6 is 11.6 Å². The van der Waals surface area contributed by atoms with Crippen LogP contribution in [0.4, 0.5) is 5.69 Å². The highest BCUT2D eigenvalue weighted by Gasteiger charge is 2.19. The summed E-state index contributed by atoms with van der Waals surface area (Å²) in [5.41, 5.74) is 6.64. The Kier molecular flexibility index (Phi) is 5.26. The normalized spacial score (nSPS) is 17.1. The number of carbonyl (C=O) groups is 1. The van der Waals surface area contributed by atoms with Crippen LogP contribution < -0.4 is 11.1 Å². The number of nitrogens with zero attached hydrogens (tertiary/aromatic N) is 1. The number of amides is 1. The second-order valence-corrected chi connectivity index (χ2v) is 5.70. The number of para-hydroxylation sites is 1. The van der Waals surface area contributed by atoms with Gasteiger partial charge in [-0.3, -0.25) is 4.79 Å². The van der Waals surface area contributed by atoms with Gasteiger partial charge in [0, 0.05) is 6.54 Å². The summed E-state index contributed by atoms with van der Waals surface area (Å²) in [4.78, 5) is 14.6. The van der Waals surface area contributed by atoms with E-state index in [1.807, 2.05) is 0 Å². The lowest BCUT2D eigenvalue weighted by molar-refractivity contribution is 0.0937. The molecule has 0 spiro atoms. The van der Waals surface area contributed by atoms with Gasteiger partial charge in [-0.2, -0.15) is 0 Å². The van der Waals surface area contributed by atoms with Crippen LogP contribution in [-0.2, 0) is 0 Å². The number of nitrogens with one attached hydrogen (secondary N) is 1. The van der Waals surface area contributed by atoms with Gasteiger partial charge in [-0.25, -0.2) is 0 Å². The number of nitrogens with two attached hydrogens (primary N) is 1. The number of benzene rings is 1. The Bertz CT molecular complexity index is 470. The largest absolute Gasteiger partial charge is 0.397 e. The van der Waals surface area contributed by atoms with Crippen LogP contribution in [0, 0.1) is 5.92 Å². The van der Waals surface area contributed by atoms with Crippen LogP contribution in [0.25, 0.3) is 0 Å². The number of anilines is 1. The topological polar surface area (TPSA) is 58.4 Å². The fraction of sp³-hybridized carbons (Fsp3) is 0.533. The van der Waals surface area contributed by atoms with Crippen molar-refractivity contribution >= 4 is 23.2 Å².